The molecule has 0 saturated heterocycles. The lowest BCUT2D eigenvalue weighted by Gasteiger charge is -2.19. The van der Waals surface area contributed by atoms with E-state index in [4.69, 9.17) is 5.73 Å². The Morgan fingerprint density at radius 1 is 1.82 bits per heavy atom. The quantitative estimate of drug-likeness (QED) is 0.593. The molecule has 0 radical (unpaired) electrons. The Labute approximate surface area is 67.0 Å². The lowest BCUT2D eigenvalue weighted by molar-refractivity contribution is 0.194. The van der Waals surface area contributed by atoms with Gasteiger partial charge in [-0.05, 0) is 13.8 Å². The van der Waals surface area contributed by atoms with Crippen molar-refractivity contribution >= 4 is 0 Å². The average molecular weight is 161 g/mol. The molecule has 0 aliphatic carbocycles. The number of rotatable bonds is 4. The van der Waals surface area contributed by atoms with Gasteiger partial charge in [-0.25, -0.2) is 9.40 Å². The molecule has 0 bridgehead atoms. The predicted octanol–water partition coefficient (Wildman–Crippen LogP) is 0.601. The summed E-state index contributed by atoms with van der Waals surface area (Å²) >= 11 is 0. The second-order valence-electron chi connectivity index (χ2n) is 2.62. The fraction of sp³-hybridized carbons (Fsp3) is 0.714. The molecule has 0 rings (SSSR count). The first kappa shape index (κ1) is 10.2. The van der Waals surface area contributed by atoms with Crippen LogP contribution in [-0.2, 0) is 0 Å². The highest BCUT2D eigenvalue weighted by atomic mass is 19.1. The number of nitrogens with two attached hydrogens (primary N) is 1. The summed E-state index contributed by atoms with van der Waals surface area (Å²) in [6.45, 7) is 3.68. The van der Waals surface area contributed by atoms with Gasteiger partial charge in [0.1, 0.15) is 6.17 Å². The van der Waals surface area contributed by atoms with Crippen LogP contribution in [-0.4, -0.2) is 24.8 Å². The van der Waals surface area contributed by atoms with Gasteiger partial charge in [0, 0.05) is 25.5 Å². The van der Waals surface area contributed by atoms with Gasteiger partial charge >= 0.3 is 0 Å². The number of nitrogens with one attached hydrogen (secondary N) is 1. The molecule has 3 N–H and O–H groups in total. The van der Waals surface area contributed by atoms with E-state index in [1.54, 1.807) is 12.1 Å². The van der Waals surface area contributed by atoms with Crippen molar-refractivity contribution in [3.8, 4) is 0 Å². The molecular formula is C7H16FN3. The molecule has 0 aliphatic heterocycles. The standard InChI is InChI=1S/C7H16FN3/c1-6(8)5-11(3)10-7(2)4-9/h4,6,10H,5,9H2,1-3H3/b7-4-. The fourth-order valence-electron chi connectivity index (χ4n) is 0.761. The maximum absolute atomic E-state index is 12.4. The summed E-state index contributed by atoms with van der Waals surface area (Å²) in [5, 5.41) is 1.66. The number of nitrogens with zero attached hydrogens (tertiary/aromatic N) is 1. The highest BCUT2D eigenvalue weighted by molar-refractivity contribution is 4.89. The van der Waals surface area contributed by atoms with Gasteiger partial charge in [-0.2, -0.15) is 0 Å². The molecular weight excluding hydrogens is 145 g/mol. The Morgan fingerprint density at radius 2 is 2.36 bits per heavy atom. The third kappa shape index (κ3) is 5.66. The van der Waals surface area contributed by atoms with E-state index >= 15 is 0 Å². The summed E-state index contributed by atoms with van der Waals surface area (Å²) in [5.41, 5.74) is 8.91. The van der Waals surface area contributed by atoms with Crippen molar-refractivity contribution in [3.63, 3.8) is 0 Å². The third-order valence-electron chi connectivity index (χ3n) is 1.14. The van der Waals surface area contributed by atoms with E-state index in [0.29, 0.717) is 6.54 Å². The van der Waals surface area contributed by atoms with Crippen LogP contribution in [0.15, 0.2) is 11.9 Å². The largest absolute Gasteiger partial charge is 0.403 e. The maximum Gasteiger partial charge on any atom is 0.112 e. The first-order valence-electron chi connectivity index (χ1n) is 3.56. The number of hydrazine groups is 1. The van der Waals surface area contributed by atoms with Crippen LogP contribution in [0.1, 0.15) is 13.8 Å². The van der Waals surface area contributed by atoms with Gasteiger partial charge in [0.05, 0.1) is 0 Å². The fourth-order valence-corrected chi connectivity index (χ4v) is 0.761. The van der Waals surface area contributed by atoms with Crippen molar-refractivity contribution in [1.29, 1.82) is 0 Å². The van der Waals surface area contributed by atoms with E-state index < -0.39 is 6.17 Å². The smallest absolute Gasteiger partial charge is 0.112 e. The molecule has 0 spiro atoms. The lowest BCUT2D eigenvalue weighted by Crippen LogP contribution is -2.37. The van der Waals surface area contributed by atoms with Crippen molar-refractivity contribution < 1.29 is 4.39 Å². The van der Waals surface area contributed by atoms with Gasteiger partial charge in [-0.15, -0.1) is 0 Å². The summed E-state index contributed by atoms with van der Waals surface area (Å²) in [6.07, 6.45) is 0.609. The summed E-state index contributed by atoms with van der Waals surface area (Å²) in [6, 6.07) is 0. The minimum absolute atomic E-state index is 0.352. The molecule has 0 saturated carbocycles. The zero-order valence-electron chi connectivity index (χ0n) is 7.26. The van der Waals surface area contributed by atoms with Crippen LogP contribution >= 0.6 is 0 Å². The predicted molar refractivity (Wildman–Crippen MR) is 44.3 cm³/mol. The van der Waals surface area contributed by atoms with Gasteiger partial charge in [0.15, 0.2) is 0 Å². The maximum atomic E-state index is 12.4. The van der Waals surface area contributed by atoms with Gasteiger partial charge in [0.25, 0.3) is 0 Å². The van der Waals surface area contributed by atoms with Gasteiger partial charge < -0.3 is 11.2 Å². The molecule has 0 aromatic heterocycles. The van der Waals surface area contributed by atoms with Crippen molar-refractivity contribution in [2.75, 3.05) is 13.6 Å². The molecule has 0 aromatic carbocycles. The molecule has 0 amide bonds. The summed E-state index contributed by atoms with van der Waals surface area (Å²) < 4.78 is 12.4. The lowest BCUT2D eigenvalue weighted by atomic mass is 10.4. The summed E-state index contributed by atoms with van der Waals surface area (Å²) in [5.74, 6) is 0. The Balaban J connectivity index is 3.60. The van der Waals surface area contributed by atoms with E-state index in [1.165, 1.54) is 13.1 Å². The number of allylic oxidation sites excluding steroid dienone is 1. The molecule has 1 unspecified atom stereocenters. The second kappa shape index (κ2) is 4.96. The molecule has 1 atom stereocenters. The zero-order chi connectivity index (χ0) is 8.85. The van der Waals surface area contributed by atoms with Crippen molar-refractivity contribution in [2.24, 2.45) is 5.73 Å². The van der Waals surface area contributed by atoms with Crippen LogP contribution in [0, 0.1) is 0 Å². The first-order valence-corrected chi connectivity index (χ1v) is 3.56. The van der Waals surface area contributed by atoms with E-state index in [1.807, 2.05) is 6.92 Å². The first-order chi connectivity index (χ1) is 5.06. The average Bonchev–Trinajstić information content (AvgIpc) is 1.85. The van der Waals surface area contributed by atoms with Crippen LogP contribution in [0.4, 0.5) is 4.39 Å². The molecule has 0 fully saturated rings. The van der Waals surface area contributed by atoms with Crippen molar-refractivity contribution in [1.82, 2.24) is 10.4 Å². The molecule has 4 heteroatoms. The Hall–Kier alpha value is -0.770. The van der Waals surface area contributed by atoms with Crippen LogP contribution in [0.3, 0.4) is 0 Å². The molecule has 11 heavy (non-hydrogen) atoms. The zero-order valence-corrected chi connectivity index (χ0v) is 7.26. The van der Waals surface area contributed by atoms with Crippen molar-refractivity contribution in [3.05, 3.63) is 11.9 Å². The highest BCUT2D eigenvalue weighted by Gasteiger charge is 2.02. The summed E-state index contributed by atoms with van der Waals surface area (Å²) in [7, 11) is 1.77. The van der Waals surface area contributed by atoms with E-state index in [0.717, 1.165) is 5.70 Å². The number of hydrogen-bond donors (Lipinski definition) is 2. The number of halogens is 1. The van der Waals surface area contributed by atoms with Gasteiger partial charge in [-0.1, -0.05) is 0 Å². The second-order valence-corrected chi connectivity index (χ2v) is 2.62. The molecule has 0 heterocycles. The summed E-state index contributed by atoms with van der Waals surface area (Å²) in [4.78, 5) is 0. The molecule has 3 nitrogen and oxygen atoms in total. The minimum atomic E-state index is -0.835. The SMILES string of the molecule is C/C(=C/N)NN(C)CC(C)F. The van der Waals surface area contributed by atoms with E-state index in [9.17, 15) is 4.39 Å². The molecule has 0 aromatic rings. The Morgan fingerprint density at radius 3 is 2.73 bits per heavy atom. The van der Waals surface area contributed by atoms with E-state index in [2.05, 4.69) is 5.43 Å². The molecule has 0 aliphatic rings. The monoisotopic (exact) mass is 161 g/mol. The van der Waals surface area contributed by atoms with Gasteiger partial charge in [-0.3, -0.25) is 0 Å². The van der Waals surface area contributed by atoms with Crippen molar-refractivity contribution in [2.45, 2.75) is 20.0 Å². The number of alkyl halides is 1. The Bertz CT molecular complexity index is 134. The molecule has 66 valence electrons. The Kier molecular flexibility index (Phi) is 4.61. The van der Waals surface area contributed by atoms with Gasteiger partial charge in [0.2, 0.25) is 0 Å². The van der Waals surface area contributed by atoms with Crippen LogP contribution in [0.2, 0.25) is 0 Å². The van der Waals surface area contributed by atoms with E-state index in [-0.39, 0.29) is 0 Å². The normalized spacial score (nSPS) is 15.2. The topological polar surface area (TPSA) is 41.3 Å². The highest BCUT2D eigenvalue weighted by Crippen LogP contribution is 1.91. The van der Waals surface area contributed by atoms with Crippen LogP contribution in [0.5, 0.6) is 0 Å². The van der Waals surface area contributed by atoms with Crippen LogP contribution in [0.25, 0.3) is 0 Å². The van der Waals surface area contributed by atoms with Crippen LogP contribution < -0.4 is 11.2 Å². The minimum Gasteiger partial charge on any atom is -0.403 e. The number of hydrogen-bond acceptors (Lipinski definition) is 3. The third-order valence-corrected chi connectivity index (χ3v) is 1.14.